The van der Waals surface area contributed by atoms with Crippen molar-refractivity contribution >= 4 is 11.8 Å². The van der Waals surface area contributed by atoms with E-state index in [4.69, 9.17) is 5.84 Å². The Hall–Kier alpha value is -2.70. The third-order valence-electron chi connectivity index (χ3n) is 4.99. The summed E-state index contributed by atoms with van der Waals surface area (Å²) in [5.41, 5.74) is 4.57. The Morgan fingerprint density at radius 3 is 1.85 bits per heavy atom. The zero-order chi connectivity index (χ0) is 19.1. The van der Waals surface area contributed by atoms with E-state index in [0.29, 0.717) is 13.1 Å². The van der Waals surface area contributed by atoms with Gasteiger partial charge in [-0.3, -0.25) is 19.9 Å². The predicted octanol–water partition coefficient (Wildman–Crippen LogP) is 1.69. The number of rotatable bonds is 6. The molecule has 3 rings (SSSR count). The minimum atomic E-state index is -0.310. The van der Waals surface area contributed by atoms with Crippen LogP contribution in [0, 0.1) is 0 Å². The van der Waals surface area contributed by atoms with Crippen LogP contribution in [0.2, 0.25) is 0 Å². The Kier molecular flexibility index (Phi) is 6.57. The third kappa shape index (κ3) is 4.93. The molecule has 0 radical (unpaired) electrons. The molecule has 0 saturated carbocycles. The largest absolute Gasteiger partial charge is 0.340 e. The summed E-state index contributed by atoms with van der Waals surface area (Å²) in [7, 11) is 0. The van der Waals surface area contributed by atoms with E-state index >= 15 is 0 Å². The summed E-state index contributed by atoms with van der Waals surface area (Å²) in [6.45, 7) is 2.92. The highest BCUT2D eigenvalue weighted by Crippen LogP contribution is 2.29. The Bertz CT molecular complexity index is 704. The first-order chi connectivity index (χ1) is 13.2. The first-order valence-corrected chi connectivity index (χ1v) is 9.30. The summed E-state index contributed by atoms with van der Waals surface area (Å²) in [6, 6.07) is 21.1. The average Bonchev–Trinajstić information content (AvgIpc) is 2.74. The normalized spacial score (nSPS) is 15.0. The van der Waals surface area contributed by atoms with Gasteiger partial charge < -0.3 is 4.90 Å². The van der Waals surface area contributed by atoms with Crippen molar-refractivity contribution in [1.29, 1.82) is 0 Å². The zero-order valence-corrected chi connectivity index (χ0v) is 15.4. The van der Waals surface area contributed by atoms with E-state index in [1.807, 2.05) is 17.0 Å². The quantitative estimate of drug-likeness (QED) is 0.463. The minimum Gasteiger partial charge on any atom is -0.340 e. The number of nitrogens with one attached hydrogen (secondary N) is 1. The van der Waals surface area contributed by atoms with Crippen LogP contribution in [-0.2, 0) is 9.59 Å². The maximum atomic E-state index is 12.3. The Morgan fingerprint density at radius 2 is 1.37 bits per heavy atom. The number of hydrazine groups is 1. The number of hydrogen-bond donors (Lipinski definition) is 2. The van der Waals surface area contributed by atoms with Gasteiger partial charge in [-0.1, -0.05) is 60.7 Å². The number of benzene rings is 2. The summed E-state index contributed by atoms with van der Waals surface area (Å²) < 4.78 is 0. The van der Waals surface area contributed by atoms with Crippen molar-refractivity contribution in [3.63, 3.8) is 0 Å². The number of amides is 2. The van der Waals surface area contributed by atoms with Gasteiger partial charge in [-0.05, 0) is 11.1 Å². The molecule has 1 aliphatic rings. The fourth-order valence-electron chi connectivity index (χ4n) is 3.57. The van der Waals surface area contributed by atoms with Crippen molar-refractivity contribution in [2.75, 3.05) is 26.2 Å². The number of piperazine rings is 1. The van der Waals surface area contributed by atoms with Gasteiger partial charge in [0.25, 0.3) is 0 Å². The van der Waals surface area contributed by atoms with Crippen molar-refractivity contribution in [3.05, 3.63) is 71.8 Å². The van der Waals surface area contributed by atoms with Gasteiger partial charge in [0.2, 0.25) is 11.8 Å². The molecule has 0 bridgehead atoms. The predicted molar refractivity (Wildman–Crippen MR) is 104 cm³/mol. The Balaban J connectivity index is 1.67. The molecule has 2 amide bonds. The van der Waals surface area contributed by atoms with Crippen molar-refractivity contribution < 1.29 is 9.59 Å². The molecule has 0 aromatic heterocycles. The number of carbonyl (C=O) groups is 2. The van der Waals surface area contributed by atoms with E-state index in [-0.39, 0.29) is 30.7 Å². The second kappa shape index (κ2) is 9.30. The molecule has 1 aliphatic heterocycles. The molecule has 0 aliphatic carbocycles. The van der Waals surface area contributed by atoms with Crippen molar-refractivity contribution in [3.8, 4) is 0 Å². The van der Waals surface area contributed by atoms with E-state index in [9.17, 15) is 9.59 Å². The number of nitrogens with zero attached hydrogens (tertiary/aromatic N) is 2. The average molecular weight is 366 g/mol. The first-order valence-electron chi connectivity index (χ1n) is 9.30. The molecule has 3 N–H and O–H groups in total. The molecule has 2 aromatic carbocycles. The zero-order valence-electron chi connectivity index (χ0n) is 15.4. The topological polar surface area (TPSA) is 78.7 Å². The molecule has 1 heterocycles. The van der Waals surface area contributed by atoms with Crippen LogP contribution >= 0.6 is 0 Å². The second-order valence-corrected chi connectivity index (χ2v) is 6.71. The van der Waals surface area contributed by atoms with Crippen LogP contribution in [0.15, 0.2) is 60.7 Å². The van der Waals surface area contributed by atoms with Crippen LogP contribution in [-0.4, -0.2) is 47.8 Å². The molecular weight excluding hydrogens is 340 g/mol. The lowest BCUT2D eigenvalue weighted by atomic mass is 9.96. The molecule has 2 aromatic rings. The lowest BCUT2D eigenvalue weighted by Gasteiger charge is -2.39. The fraction of sp³-hybridized carbons (Fsp3) is 0.333. The summed E-state index contributed by atoms with van der Waals surface area (Å²) in [6.07, 6.45) is 0.329. The molecule has 27 heavy (non-hydrogen) atoms. The van der Waals surface area contributed by atoms with Gasteiger partial charge >= 0.3 is 0 Å². The number of hydrogen-bond acceptors (Lipinski definition) is 4. The second-order valence-electron chi connectivity index (χ2n) is 6.71. The monoisotopic (exact) mass is 366 g/mol. The van der Waals surface area contributed by atoms with Crippen LogP contribution in [0.25, 0.3) is 0 Å². The highest BCUT2D eigenvalue weighted by Gasteiger charge is 2.28. The molecule has 6 heteroatoms. The van der Waals surface area contributed by atoms with Crippen molar-refractivity contribution in [2.45, 2.75) is 18.9 Å². The molecule has 1 fully saturated rings. The van der Waals surface area contributed by atoms with Gasteiger partial charge in [-0.25, -0.2) is 5.84 Å². The Labute approximate surface area is 159 Å². The van der Waals surface area contributed by atoms with Crippen LogP contribution in [0.3, 0.4) is 0 Å². The number of nitrogens with two attached hydrogens (primary N) is 1. The molecule has 6 nitrogen and oxygen atoms in total. The van der Waals surface area contributed by atoms with Crippen LogP contribution in [0.1, 0.15) is 30.0 Å². The van der Waals surface area contributed by atoms with Gasteiger partial charge in [0.05, 0.1) is 6.04 Å². The van der Waals surface area contributed by atoms with Crippen molar-refractivity contribution in [1.82, 2.24) is 15.2 Å². The molecular formula is C21H26N4O2. The SMILES string of the molecule is NNC(=O)CCC(=O)N1CCN(C(c2ccccc2)c2ccccc2)CC1. The molecule has 0 atom stereocenters. The smallest absolute Gasteiger partial charge is 0.234 e. The van der Waals surface area contributed by atoms with Gasteiger partial charge in [0.1, 0.15) is 0 Å². The van der Waals surface area contributed by atoms with E-state index < -0.39 is 0 Å². The standard InChI is InChI=1S/C21H26N4O2/c22-23-19(26)11-12-20(27)24-13-15-25(16-14-24)21(17-7-3-1-4-8-17)18-9-5-2-6-10-18/h1-10,21H,11-16,22H2,(H,23,26). The first kappa shape index (κ1) is 19.1. The van der Waals surface area contributed by atoms with Crippen LogP contribution in [0.4, 0.5) is 0 Å². The summed E-state index contributed by atoms with van der Waals surface area (Å²) >= 11 is 0. The van der Waals surface area contributed by atoms with E-state index in [2.05, 4.69) is 58.9 Å². The highest BCUT2D eigenvalue weighted by molar-refractivity contribution is 5.83. The summed E-state index contributed by atoms with van der Waals surface area (Å²) in [4.78, 5) is 27.8. The maximum Gasteiger partial charge on any atom is 0.234 e. The minimum absolute atomic E-state index is 0.00854. The van der Waals surface area contributed by atoms with E-state index in [0.717, 1.165) is 13.1 Å². The van der Waals surface area contributed by atoms with Gasteiger partial charge in [0.15, 0.2) is 0 Å². The number of carbonyl (C=O) groups excluding carboxylic acids is 2. The van der Waals surface area contributed by atoms with Gasteiger partial charge in [0, 0.05) is 39.0 Å². The van der Waals surface area contributed by atoms with E-state index in [1.165, 1.54) is 11.1 Å². The molecule has 0 spiro atoms. The van der Waals surface area contributed by atoms with E-state index in [1.54, 1.807) is 0 Å². The lowest BCUT2D eigenvalue weighted by Crippen LogP contribution is -2.50. The fourth-order valence-corrected chi connectivity index (χ4v) is 3.57. The summed E-state index contributed by atoms with van der Waals surface area (Å²) in [5, 5.41) is 0. The van der Waals surface area contributed by atoms with Crippen LogP contribution in [0.5, 0.6) is 0 Å². The summed E-state index contributed by atoms with van der Waals surface area (Å²) in [5.74, 6) is 4.77. The van der Waals surface area contributed by atoms with Gasteiger partial charge in [-0.2, -0.15) is 0 Å². The molecule has 142 valence electrons. The van der Waals surface area contributed by atoms with Crippen molar-refractivity contribution in [2.24, 2.45) is 5.84 Å². The molecule has 0 unspecified atom stereocenters. The Morgan fingerprint density at radius 1 is 0.852 bits per heavy atom. The van der Waals surface area contributed by atoms with Crippen LogP contribution < -0.4 is 11.3 Å². The lowest BCUT2D eigenvalue weighted by molar-refractivity contribution is -0.135. The molecule has 1 saturated heterocycles. The maximum absolute atomic E-state index is 12.3. The van der Waals surface area contributed by atoms with Gasteiger partial charge in [-0.15, -0.1) is 0 Å². The third-order valence-corrected chi connectivity index (χ3v) is 4.99. The highest BCUT2D eigenvalue weighted by atomic mass is 16.2.